The van der Waals surface area contributed by atoms with Crippen molar-refractivity contribution in [3.63, 3.8) is 0 Å². The number of nitrogens with one attached hydrogen (secondary N) is 1. The Bertz CT molecular complexity index is 491. The fourth-order valence-electron chi connectivity index (χ4n) is 1.01. The van der Waals surface area contributed by atoms with Gasteiger partial charge in [-0.25, -0.2) is 4.79 Å². The first-order chi connectivity index (χ1) is 7.54. The monoisotopic (exact) mass is 230 g/mol. The molecule has 7 heteroatoms. The second-order valence-electron chi connectivity index (χ2n) is 3.07. The quantitative estimate of drug-likeness (QED) is 0.553. The molecule has 1 rings (SSSR count). The lowest BCUT2D eigenvalue weighted by Gasteiger charge is -2.01. The van der Waals surface area contributed by atoms with E-state index in [1.165, 1.54) is 12.2 Å². The zero-order valence-corrected chi connectivity index (χ0v) is 8.26. The third kappa shape index (κ3) is 3.14. The van der Waals surface area contributed by atoms with Crippen molar-refractivity contribution in [3.05, 3.63) is 45.0 Å². The van der Waals surface area contributed by atoms with Gasteiger partial charge in [-0.2, -0.15) is 4.39 Å². The highest BCUT2D eigenvalue weighted by molar-refractivity contribution is 4.92. The van der Waals surface area contributed by atoms with E-state index >= 15 is 0 Å². The van der Waals surface area contributed by atoms with Gasteiger partial charge in [0.25, 0.3) is 5.56 Å². The van der Waals surface area contributed by atoms with E-state index in [1.54, 1.807) is 4.98 Å². The summed E-state index contributed by atoms with van der Waals surface area (Å²) in [6.45, 7) is -0.449. The molecular formula is C9H11FN2O4. The van der Waals surface area contributed by atoms with Gasteiger partial charge in [0.2, 0.25) is 5.82 Å². The molecule has 0 bridgehead atoms. The third-order valence-corrected chi connectivity index (χ3v) is 1.81. The molecule has 0 saturated carbocycles. The molecule has 0 amide bonds. The molecule has 0 aromatic carbocycles. The standard InChI is InChI=1S/C9H11FN2O4/c10-7-4-12(9(16)11-8(7)15)3-1-2-6(14)5-13/h1-2,4,6,13-14H,3,5H2,(H,11,15,16)/b2-1+. The third-order valence-electron chi connectivity index (χ3n) is 1.81. The summed E-state index contributed by atoms with van der Waals surface area (Å²) in [5.74, 6) is -1.06. The van der Waals surface area contributed by atoms with E-state index in [0.29, 0.717) is 0 Å². The molecule has 0 aliphatic rings. The van der Waals surface area contributed by atoms with E-state index in [0.717, 1.165) is 10.8 Å². The highest BCUT2D eigenvalue weighted by atomic mass is 19.1. The van der Waals surface area contributed by atoms with Crippen LogP contribution in [0.25, 0.3) is 0 Å². The molecule has 3 N–H and O–H groups in total. The van der Waals surface area contributed by atoms with Crippen LogP contribution in [0.2, 0.25) is 0 Å². The Morgan fingerprint density at radius 3 is 2.88 bits per heavy atom. The summed E-state index contributed by atoms with van der Waals surface area (Å²) in [6.07, 6.45) is 2.38. The fourth-order valence-corrected chi connectivity index (χ4v) is 1.01. The van der Waals surface area contributed by atoms with Gasteiger partial charge >= 0.3 is 5.69 Å². The average molecular weight is 230 g/mol. The van der Waals surface area contributed by atoms with Crippen LogP contribution in [0, 0.1) is 5.82 Å². The molecule has 1 aromatic rings. The number of aromatic amines is 1. The van der Waals surface area contributed by atoms with E-state index in [1.807, 2.05) is 0 Å². The second-order valence-corrected chi connectivity index (χ2v) is 3.07. The summed E-state index contributed by atoms with van der Waals surface area (Å²) in [7, 11) is 0. The number of aliphatic hydroxyl groups excluding tert-OH is 2. The number of nitrogens with zero attached hydrogens (tertiary/aromatic N) is 1. The topological polar surface area (TPSA) is 95.3 Å². The Hall–Kier alpha value is -1.73. The molecule has 88 valence electrons. The van der Waals surface area contributed by atoms with Crippen molar-refractivity contribution < 1.29 is 14.6 Å². The normalized spacial score (nSPS) is 13.2. The molecule has 1 aromatic heterocycles. The molecule has 0 saturated heterocycles. The van der Waals surface area contributed by atoms with Crippen molar-refractivity contribution in [2.24, 2.45) is 0 Å². The molecule has 0 aliphatic heterocycles. The van der Waals surface area contributed by atoms with Crippen LogP contribution in [-0.4, -0.2) is 32.5 Å². The van der Waals surface area contributed by atoms with E-state index in [-0.39, 0.29) is 6.54 Å². The van der Waals surface area contributed by atoms with Gasteiger partial charge in [0.15, 0.2) is 0 Å². The van der Waals surface area contributed by atoms with Crippen molar-refractivity contribution >= 4 is 0 Å². The van der Waals surface area contributed by atoms with Gasteiger partial charge < -0.3 is 10.2 Å². The summed E-state index contributed by atoms with van der Waals surface area (Å²) in [5.41, 5.74) is -1.81. The molecule has 0 radical (unpaired) electrons. The van der Waals surface area contributed by atoms with Crippen molar-refractivity contribution in [2.45, 2.75) is 12.6 Å². The number of H-pyrrole nitrogens is 1. The fraction of sp³-hybridized carbons (Fsp3) is 0.333. The van der Waals surface area contributed by atoms with E-state index < -0.39 is 29.8 Å². The summed E-state index contributed by atoms with van der Waals surface area (Å²) < 4.78 is 13.7. The van der Waals surface area contributed by atoms with Gasteiger partial charge in [0.05, 0.1) is 18.9 Å². The minimum absolute atomic E-state index is 0.0103. The molecule has 6 nitrogen and oxygen atoms in total. The highest BCUT2D eigenvalue weighted by Gasteiger charge is 2.02. The lowest BCUT2D eigenvalue weighted by atomic mass is 10.3. The van der Waals surface area contributed by atoms with Crippen LogP contribution in [0.3, 0.4) is 0 Å². The number of aliphatic hydroxyl groups is 2. The number of rotatable bonds is 4. The highest BCUT2D eigenvalue weighted by Crippen LogP contribution is 1.88. The number of aromatic nitrogens is 2. The minimum atomic E-state index is -1.07. The molecule has 1 unspecified atom stereocenters. The number of halogens is 1. The minimum Gasteiger partial charge on any atom is -0.393 e. The van der Waals surface area contributed by atoms with Crippen LogP contribution in [0.1, 0.15) is 0 Å². The smallest absolute Gasteiger partial charge is 0.328 e. The Kier molecular flexibility index (Phi) is 4.15. The first-order valence-corrected chi connectivity index (χ1v) is 4.49. The Labute approximate surface area is 89.3 Å². The first kappa shape index (κ1) is 12.3. The Balaban J connectivity index is 2.83. The van der Waals surface area contributed by atoms with Gasteiger partial charge in [0.1, 0.15) is 0 Å². The number of allylic oxidation sites excluding steroid dienone is 1. The predicted octanol–water partition coefficient (Wildman–Crippen LogP) is -1.41. The zero-order valence-electron chi connectivity index (χ0n) is 8.26. The van der Waals surface area contributed by atoms with Crippen molar-refractivity contribution in [2.75, 3.05) is 6.61 Å². The predicted molar refractivity (Wildman–Crippen MR) is 53.5 cm³/mol. The number of hydrogen-bond donors (Lipinski definition) is 3. The SMILES string of the molecule is O=c1[nH]c(=O)n(C/C=C/C(O)CO)cc1F. The maximum atomic E-state index is 12.8. The first-order valence-electron chi connectivity index (χ1n) is 4.49. The summed E-state index contributed by atoms with van der Waals surface area (Å²) in [6, 6.07) is 0. The van der Waals surface area contributed by atoms with Crippen LogP contribution >= 0.6 is 0 Å². The summed E-state index contributed by atoms with van der Waals surface area (Å²) in [4.78, 5) is 23.6. The molecular weight excluding hydrogens is 219 g/mol. The van der Waals surface area contributed by atoms with Crippen LogP contribution in [0.5, 0.6) is 0 Å². The van der Waals surface area contributed by atoms with Gasteiger partial charge in [-0.1, -0.05) is 12.2 Å². The second kappa shape index (κ2) is 5.38. The van der Waals surface area contributed by atoms with E-state index in [9.17, 15) is 14.0 Å². The molecule has 0 spiro atoms. The van der Waals surface area contributed by atoms with Gasteiger partial charge in [-0.05, 0) is 0 Å². The van der Waals surface area contributed by atoms with Gasteiger partial charge in [0, 0.05) is 6.54 Å². The van der Waals surface area contributed by atoms with Crippen LogP contribution in [-0.2, 0) is 6.54 Å². The lowest BCUT2D eigenvalue weighted by Crippen LogP contribution is -2.31. The summed E-state index contributed by atoms with van der Waals surface area (Å²) in [5, 5.41) is 17.4. The average Bonchev–Trinajstić information content (AvgIpc) is 2.25. The largest absolute Gasteiger partial charge is 0.393 e. The van der Waals surface area contributed by atoms with E-state index in [2.05, 4.69) is 0 Å². The van der Waals surface area contributed by atoms with Gasteiger partial charge in [-0.15, -0.1) is 0 Å². The van der Waals surface area contributed by atoms with Gasteiger partial charge in [-0.3, -0.25) is 14.3 Å². The Morgan fingerprint density at radius 2 is 2.25 bits per heavy atom. The van der Waals surface area contributed by atoms with Crippen LogP contribution in [0.15, 0.2) is 27.9 Å². The molecule has 1 atom stereocenters. The van der Waals surface area contributed by atoms with Crippen molar-refractivity contribution in [1.29, 1.82) is 0 Å². The van der Waals surface area contributed by atoms with Crippen LogP contribution in [0.4, 0.5) is 4.39 Å². The van der Waals surface area contributed by atoms with Crippen molar-refractivity contribution in [1.82, 2.24) is 9.55 Å². The van der Waals surface area contributed by atoms with Crippen molar-refractivity contribution in [3.8, 4) is 0 Å². The molecule has 16 heavy (non-hydrogen) atoms. The zero-order chi connectivity index (χ0) is 12.1. The van der Waals surface area contributed by atoms with E-state index in [4.69, 9.17) is 10.2 Å². The lowest BCUT2D eigenvalue weighted by molar-refractivity contribution is 0.131. The molecule has 0 fully saturated rings. The molecule has 1 heterocycles. The molecule has 0 aliphatic carbocycles. The summed E-state index contributed by atoms with van der Waals surface area (Å²) >= 11 is 0. The number of hydrogen-bond acceptors (Lipinski definition) is 4. The maximum absolute atomic E-state index is 12.8. The maximum Gasteiger partial charge on any atom is 0.328 e. The van der Waals surface area contributed by atoms with Crippen LogP contribution < -0.4 is 11.2 Å². The Morgan fingerprint density at radius 1 is 1.56 bits per heavy atom.